The summed E-state index contributed by atoms with van der Waals surface area (Å²) >= 11 is 0. The molecule has 0 saturated heterocycles. The highest BCUT2D eigenvalue weighted by molar-refractivity contribution is 5.34. The van der Waals surface area contributed by atoms with E-state index < -0.39 is 5.54 Å². The molecule has 1 aromatic rings. The van der Waals surface area contributed by atoms with E-state index in [0.29, 0.717) is 0 Å². The van der Waals surface area contributed by atoms with Crippen LogP contribution in [0.1, 0.15) is 30.5 Å². The molecule has 1 saturated carbocycles. The highest BCUT2D eigenvalue weighted by atomic mass is 16.3. The third kappa shape index (κ3) is 0.786. The molecule has 1 atom stereocenters. The Bertz CT molecular complexity index is 369. The highest BCUT2D eigenvalue weighted by Gasteiger charge is 2.60. The molecule has 0 aliphatic heterocycles. The summed E-state index contributed by atoms with van der Waals surface area (Å²) in [5.74, 6) is 0. The largest absolute Gasteiger partial charge is 0.394 e. The van der Waals surface area contributed by atoms with Gasteiger partial charge in [0, 0.05) is 0 Å². The molecule has 14 heavy (non-hydrogen) atoms. The van der Waals surface area contributed by atoms with E-state index >= 15 is 0 Å². The lowest BCUT2D eigenvalue weighted by atomic mass is 9.70. The maximum Gasteiger partial charge on any atom is 0.0871 e. The quantitative estimate of drug-likeness (QED) is 0.599. The Balaban J connectivity index is 2.15. The van der Waals surface area contributed by atoms with Crippen molar-refractivity contribution in [3.8, 4) is 0 Å². The molecule has 4 heteroatoms. The number of H-pyrrole nitrogens is 1. The average molecular weight is 193 g/mol. The van der Waals surface area contributed by atoms with Crippen LogP contribution in [0.15, 0.2) is 6.20 Å². The van der Waals surface area contributed by atoms with E-state index in [2.05, 4.69) is 10.2 Å². The number of fused-ring (bicyclic) bond motifs is 1. The van der Waals surface area contributed by atoms with Gasteiger partial charge in [-0.2, -0.15) is 5.10 Å². The molecule has 1 heterocycles. The van der Waals surface area contributed by atoms with Crippen molar-refractivity contribution in [2.24, 2.45) is 11.1 Å². The molecule has 76 valence electrons. The third-order valence-electron chi connectivity index (χ3n) is 4.09. The second-order valence-corrected chi connectivity index (χ2v) is 4.68. The van der Waals surface area contributed by atoms with Gasteiger partial charge >= 0.3 is 0 Å². The first-order chi connectivity index (χ1) is 6.72. The minimum absolute atomic E-state index is 0.0161. The fourth-order valence-corrected chi connectivity index (χ4v) is 2.84. The second-order valence-electron chi connectivity index (χ2n) is 4.68. The number of aliphatic hydroxyl groups excluding tert-OH is 1. The van der Waals surface area contributed by atoms with Gasteiger partial charge in [0.15, 0.2) is 0 Å². The van der Waals surface area contributed by atoms with Crippen molar-refractivity contribution in [3.63, 3.8) is 0 Å². The van der Waals surface area contributed by atoms with Gasteiger partial charge in [0.1, 0.15) is 0 Å². The van der Waals surface area contributed by atoms with Crippen LogP contribution >= 0.6 is 0 Å². The molecular formula is C10H15N3O. The minimum Gasteiger partial charge on any atom is -0.394 e. The van der Waals surface area contributed by atoms with Crippen LogP contribution in [0.2, 0.25) is 0 Å². The van der Waals surface area contributed by atoms with Gasteiger partial charge < -0.3 is 10.8 Å². The SMILES string of the molecule is NC1(CO)c2[nH]ncc2CCC12CC2. The zero-order chi connectivity index (χ0) is 9.81. The molecular weight excluding hydrogens is 178 g/mol. The van der Waals surface area contributed by atoms with E-state index in [0.717, 1.165) is 31.4 Å². The summed E-state index contributed by atoms with van der Waals surface area (Å²) in [7, 11) is 0. The molecule has 4 nitrogen and oxygen atoms in total. The molecule has 0 amide bonds. The lowest BCUT2D eigenvalue weighted by Gasteiger charge is -2.40. The normalized spacial score (nSPS) is 33.0. The number of nitrogens with one attached hydrogen (secondary N) is 1. The van der Waals surface area contributed by atoms with Crippen LogP contribution in [0.3, 0.4) is 0 Å². The number of aliphatic hydroxyl groups is 1. The Morgan fingerprint density at radius 1 is 1.50 bits per heavy atom. The van der Waals surface area contributed by atoms with Gasteiger partial charge in [0.25, 0.3) is 0 Å². The molecule has 1 spiro atoms. The molecule has 1 aromatic heterocycles. The summed E-state index contributed by atoms with van der Waals surface area (Å²) in [6.07, 6.45) is 6.26. The number of nitrogens with zero attached hydrogens (tertiary/aromatic N) is 1. The van der Waals surface area contributed by atoms with Crippen molar-refractivity contribution >= 4 is 0 Å². The van der Waals surface area contributed by atoms with E-state index in [4.69, 9.17) is 5.73 Å². The van der Waals surface area contributed by atoms with Crippen LogP contribution in [0.4, 0.5) is 0 Å². The van der Waals surface area contributed by atoms with Gasteiger partial charge in [-0.05, 0) is 36.7 Å². The van der Waals surface area contributed by atoms with Crippen LogP contribution in [-0.4, -0.2) is 21.9 Å². The summed E-state index contributed by atoms with van der Waals surface area (Å²) in [4.78, 5) is 0. The first kappa shape index (κ1) is 8.44. The monoisotopic (exact) mass is 193 g/mol. The molecule has 1 unspecified atom stereocenters. The highest BCUT2D eigenvalue weighted by Crippen LogP contribution is 2.62. The number of hydrogen-bond donors (Lipinski definition) is 3. The molecule has 0 radical (unpaired) electrons. The van der Waals surface area contributed by atoms with Crippen molar-refractivity contribution in [2.45, 2.75) is 31.2 Å². The van der Waals surface area contributed by atoms with E-state index in [-0.39, 0.29) is 12.0 Å². The summed E-state index contributed by atoms with van der Waals surface area (Å²) in [5.41, 5.74) is 8.06. The smallest absolute Gasteiger partial charge is 0.0871 e. The maximum absolute atomic E-state index is 9.52. The topological polar surface area (TPSA) is 74.9 Å². The summed E-state index contributed by atoms with van der Waals surface area (Å²) in [6.45, 7) is 0.0161. The fourth-order valence-electron chi connectivity index (χ4n) is 2.84. The van der Waals surface area contributed by atoms with Gasteiger partial charge in [-0.1, -0.05) is 0 Å². The average Bonchev–Trinajstić information content (AvgIpc) is 2.82. The van der Waals surface area contributed by atoms with Crippen LogP contribution in [0.5, 0.6) is 0 Å². The molecule has 0 bridgehead atoms. The van der Waals surface area contributed by atoms with Crippen LogP contribution in [0, 0.1) is 5.41 Å². The standard InChI is InChI=1S/C10H15N3O/c11-10(6-14)8-7(5-12-13-8)1-2-9(10)3-4-9/h5,14H,1-4,6,11H2,(H,12,13). The molecule has 1 fully saturated rings. The van der Waals surface area contributed by atoms with Crippen molar-refractivity contribution < 1.29 is 5.11 Å². The Hall–Kier alpha value is -0.870. The first-order valence-electron chi connectivity index (χ1n) is 5.14. The predicted molar refractivity (Wildman–Crippen MR) is 51.5 cm³/mol. The Morgan fingerprint density at radius 2 is 2.29 bits per heavy atom. The number of hydrogen-bond acceptors (Lipinski definition) is 3. The number of nitrogens with two attached hydrogens (primary N) is 1. The second kappa shape index (κ2) is 2.38. The molecule has 2 aliphatic rings. The van der Waals surface area contributed by atoms with Crippen LogP contribution in [-0.2, 0) is 12.0 Å². The van der Waals surface area contributed by atoms with Crippen molar-refractivity contribution in [3.05, 3.63) is 17.5 Å². The molecule has 4 N–H and O–H groups in total. The number of rotatable bonds is 1. The zero-order valence-electron chi connectivity index (χ0n) is 8.08. The fraction of sp³-hybridized carbons (Fsp3) is 0.700. The van der Waals surface area contributed by atoms with Crippen LogP contribution < -0.4 is 5.73 Å². The van der Waals surface area contributed by atoms with Crippen molar-refractivity contribution in [2.75, 3.05) is 6.61 Å². The van der Waals surface area contributed by atoms with Crippen LogP contribution in [0.25, 0.3) is 0 Å². The van der Waals surface area contributed by atoms with Crippen molar-refractivity contribution in [1.29, 1.82) is 0 Å². The summed E-state index contributed by atoms with van der Waals surface area (Å²) in [5, 5.41) is 16.5. The lowest BCUT2D eigenvalue weighted by Crippen LogP contribution is -2.52. The Labute approximate surface area is 82.5 Å². The van der Waals surface area contributed by atoms with E-state index in [1.165, 1.54) is 5.56 Å². The number of aromatic amines is 1. The molecule has 3 rings (SSSR count). The number of aryl methyl sites for hydroxylation is 1. The predicted octanol–water partition coefficient (Wildman–Crippen LogP) is 0.282. The molecule has 2 aliphatic carbocycles. The molecule has 0 aromatic carbocycles. The van der Waals surface area contributed by atoms with Gasteiger partial charge in [-0.3, -0.25) is 5.10 Å². The van der Waals surface area contributed by atoms with E-state index in [1.54, 1.807) is 0 Å². The number of aromatic nitrogens is 2. The van der Waals surface area contributed by atoms with E-state index in [9.17, 15) is 5.11 Å². The third-order valence-corrected chi connectivity index (χ3v) is 4.09. The zero-order valence-corrected chi connectivity index (χ0v) is 8.08. The van der Waals surface area contributed by atoms with Gasteiger partial charge in [-0.25, -0.2) is 0 Å². The summed E-state index contributed by atoms with van der Waals surface area (Å²) in [6, 6.07) is 0. The Morgan fingerprint density at radius 3 is 2.93 bits per heavy atom. The maximum atomic E-state index is 9.52. The van der Waals surface area contributed by atoms with Gasteiger partial charge in [0.05, 0.1) is 24.0 Å². The van der Waals surface area contributed by atoms with Gasteiger partial charge in [-0.15, -0.1) is 0 Å². The van der Waals surface area contributed by atoms with E-state index in [1.807, 2.05) is 6.20 Å². The van der Waals surface area contributed by atoms with Crippen molar-refractivity contribution in [1.82, 2.24) is 10.2 Å². The summed E-state index contributed by atoms with van der Waals surface area (Å²) < 4.78 is 0. The minimum atomic E-state index is -0.572. The first-order valence-corrected chi connectivity index (χ1v) is 5.14. The lowest BCUT2D eigenvalue weighted by molar-refractivity contribution is 0.105. The van der Waals surface area contributed by atoms with Gasteiger partial charge in [0.2, 0.25) is 0 Å². The Kier molecular flexibility index (Phi) is 1.43.